The van der Waals surface area contributed by atoms with Crippen molar-refractivity contribution in [1.82, 2.24) is 4.90 Å². The van der Waals surface area contributed by atoms with Gasteiger partial charge in [-0.1, -0.05) is 17.7 Å². The van der Waals surface area contributed by atoms with Crippen molar-refractivity contribution in [3.63, 3.8) is 0 Å². The van der Waals surface area contributed by atoms with Crippen LogP contribution in [0, 0.1) is 0 Å². The lowest BCUT2D eigenvalue weighted by Gasteiger charge is -2.22. The molecule has 0 radical (unpaired) electrons. The lowest BCUT2D eigenvalue weighted by Crippen LogP contribution is -2.33. The molecule has 0 amide bonds. The quantitative estimate of drug-likeness (QED) is 0.854. The van der Waals surface area contributed by atoms with Gasteiger partial charge in [-0.3, -0.25) is 0 Å². The van der Waals surface area contributed by atoms with E-state index < -0.39 is 11.0 Å². The number of likely N-dealkylation sites (N-methyl/N-ethyl adjacent to an activating group) is 1. The van der Waals surface area contributed by atoms with Crippen LogP contribution in [-0.4, -0.2) is 41.8 Å². The predicted molar refractivity (Wildman–Crippen MR) is 73.5 cm³/mol. The van der Waals surface area contributed by atoms with Crippen LogP contribution < -0.4 is 0 Å². The van der Waals surface area contributed by atoms with Crippen LogP contribution in [0.25, 0.3) is 0 Å². The number of fused-ring (bicyclic) bond motifs is 1. The topological polar surface area (TPSA) is 41.9 Å². The van der Waals surface area contributed by atoms with Crippen LogP contribution in [0.15, 0.2) is 27.5 Å². The Labute approximate surface area is 114 Å². The summed E-state index contributed by atoms with van der Waals surface area (Å²) < 4.78 is 21.3. The number of hydrogen-bond donors (Lipinski definition) is 0. The molecule has 18 heavy (non-hydrogen) atoms. The summed E-state index contributed by atoms with van der Waals surface area (Å²) in [7, 11) is 2.20. The minimum Gasteiger partial charge on any atom is -0.380 e. The molecule has 0 aliphatic carbocycles. The second-order valence-electron chi connectivity index (χ2n) is 4.20. The Kier molecular flexibility index (Phi) is 4.04. The maximum absolute atomic E-state index is 11.9. The number of nitrogens with zero attached hydrogens (tertiary/aromatic N) is 2. The van der Waals surface area contributed by atoms with Gasteiger partial charge in [0, 0.05) is 20.7 Å². The first-order chi connectivity index (χ1) is 8.54. The number of rotatable bonds is 3. The zero-order chi connectivity index (χ0) is 13.3. The number of ether oxygens (including phenoxy) is 1. The van der Waals surface area contributed by atoms with Gasteiger partial charge in [0.05, 0.1) is 21.6 Å². The van der Waals surface area contributed by atoms with Gasteiger partial charge < -0.3 is 9.64 Å². The summed E-state index contributed by atoms with van der Waals surface area (Å²) in [6.45, 7) is 2.63. The number of hydrogen-bond acceptors (Lipinski definition) is 3. The second-order valence-corrected chi connectivity index (χ2v) is 5.73. The number of halogens is 1. The summed E-state index contributed by atoms with van der Waals surface area (Å²) >= 11 is 6.17. The Morgan fingerprint density at radius 2 is 2.28 bits per heavy atom. The zero-order valence-electron chi connectivity index (χ0n) is 10.5. The van der Waals surface area contributed by atoms with Crippen molar-refractivity contribution in [1.29, 1.82) is 0 Å². The summed E-state index contributed by atoms with van der Waals surface area (Å²) in [5.41, 5.74) is 0.767. The summed E-state index contributed by atoms with van der Waals surface area (Å²) in [5.74, 6) is 0.665. The molecule has 0 saturated heterocycles. The molecule has 4 nitrogen and oxygen atoms in total. The molecule has 1 aromatic rings. The predicted octanol–water partition coefficient (Wildman–Crippen LogP) is 2.09. The summed E-state index contributed by atoms with van der Waals surface area (Å²) in [6, 6.07) is 5.36. The fourth-order valence-corrected chi connectivity index (χ4v) is 3.22. The Morgan fingerprint density at radius 3 is 2.94 bits per heavy atom. The highest BCUT2D eigenvalue weighted by Crippen LogP contribution is 2.30. The third-order valence-corrected chi connectivity index (χ3v) is 4.22. The van der Waals surface area contributed by atoms with Crippen molar-refractivity contribution in [2.24, 2.45) is 4.40 Å². The number of methoxy groups -OCH3 is 1. The Bertz CT molecular complexity index is 519. The number of amidine groups is 1. The van der Waals surface area contributed by atoms with Gasteiger partial charge in [-0.15, -0.1) is 0 Å². The van der Waals surface area contributed by atoms with Crippen LogP contribution in [0.5, 0.6) is 0 Å². The molecule has 0 aromatic heterocycles. The fourth-order valence-electron chi connectivity index (χ4n) is 1.85. The first-order valence-electron chi connectivity index (χ1n) is 5.58. The molecule has 0 bridgehead atoms. The summed E-state index contributed by atoms with van der Waals surface area (Å²) in [5, 5.41) is 0.578. The van der Waals surface area contributed by atoms with E-state index >= 15 is 0 Å². The van der Waals surface area contributed by atoms with E-state index in [-0.39, 0.29) is 6.10 Å². The molecule has 2 unspecified atom stereocenters. The van der Waals surface area contributed by atoms with Gasteiger partial charge in [-0.05, 0) is 19.1 Å². The normalized spacial score (nSPS) is 19.3. The molecule has 0 N–H and O–H groups in total. The Morgan fingerprint density at radius 1 is 1.56 bits per heavy atom. The first kappa shape index (κ1) is 13.5. The van der Waals surface area contributed by atoms with E-state index in [4.69, 9.17) is 16.3 Å². The van der Waals surface area contributed by atoms with Crippen LogP contribution >= 0.6 is 11.6 Å². The van der Waals surface area contributed by atoms with E-state index in [1.807, 2.05) is 18.9 Å². The van der Waals surface area contributed by atoms with Crippen LogP contribution in [0.3, 0.4) is 0 Å². The molecule has 2 atom stereocenters. The van der Waals surface area contributed by atoms with Gasteiger partial charge in [0.2, 0.25) is 0 Å². The molecule has 2 rings (SSSR count). The van der Waals surface area contributed by atoms with Gasteiger partial charge in [0.25, 0.3) is 0 Å². The van der Waals surface area contributed by atoms with E-state index in [0.717, 1.165) is 5.56 Å². The van der Waals surface area contributed by atoms with Gasteiger partial charge in [-0.2, -0.15) is 4.40 Å². The third-order valence-electron chi connectivity index (χ3n) is 2.85. The largest absolute Gasteiger partial charge is 0.380 e. The average molecular weight is 287 g/mol. The molecule has 1 aromatic carbocycles. The molecule has 0 fully saturated rings. The SMILES string of the molecule is COC(C)CN(C)C1=NS(=O)c2cccc(Cl)c21. The van der Waals surface area contributed by atoms with Crippen LogP contribution in [0.2, 0.25) is 5.02 Å². The monoisotopic (exact) mass is 286 g/mol. The van der Waals surface area contributed by atoms with Crippen LogP contribution in [-0.2, 0) is 15.7 Å². The zero-order valence-corrected chi connectivity index (χ0v) is 12.1. The molecule has 1 aliphatic heterocycles. The highest BCUT2D eigenvalue weighted by atomic mass is 35.5. The molecule has 0 spiro atoms. The maximum Gasteiger partial charge on any atom is 0.175 e. The van der Waals surface area contributed by atoms with Crippen LogP contribution in [0.1, 0.15) is 12.5 Å². The van der Waals surface area contributed by atoms with E-state index in [9.17, 15) is 4.21 Å². The van der Waals surface area contributed by atoms with Crippen molar-refractivity contribution in [2.75, 3.05) is 20.7 Å². The Hall–Kier alpha value is -0.910. The van der Waals surface area contributed by atoms with Crippen molar-refractivity contribution in [3.8, 4) is 0 Å². The number of benzene rings is 1. The van der Waals surface area contributed by atoms with E-state index in [1.165, 1.54) is 0 Å². The molecule has 1 aliphatic rings. The van der Waals surface area contributed by atoms with Crippen molar-refractivity contribution < 1.29 is 8.95 Å². The van der Waals surface area contributed by atoms with Crippen LogP contribution in [0.4, 0.5) is 0 Å². The molecule has 1 heterocycles. The summed E-state index contributed by atoms with van der Waals surface area (Å²) in [4.78, 5) is 2.60. The highest BCUT2D eigenvalue weighted by Gasteiger charge is 2.27. The molecule has 0 saturated carbocycles. The third kappa shape index (κ3) is 2.43. The van der Waals surface area contributed by atoms with Gasteiger partial charge in [0.15, 0.2) is 11.0 Å². The first-order valence-corrected chi connectivity index (χ1v) is 7.06. The van der Waals surface area contributed by atoms with E-state index in [1.54, 1.807) is 25.3 Å². The maximum atomic E-state index is 11.9. The molecular formula is C12H15ClN2O2S. The van der Waals surface area contributed by atoms with E-state index in [2.05, 4.69) is 4.40 Å². The minimum atomic E-state index is -1.35. The molecule has 6 heteroatoms. The molecular weight excluding hydrogens is 272 g/mol. The van der Waals surface area contributed by atoms with Gasteiger partial charge in [0.1, 0.15) is 5.84 Å². The molecule has 98 valence electrons. The van der Waals surface area contributed by atoms with Gasteiger partial charge >= 0.3 is 0 Å². The standard InChI is InChI=1S/C12H15ClN2O2S/c1-8(17-3)7-15(2)12-11-9(13)5-4-6-10(11)18(16)14-12/h4-6,8H,7H2,1-3H3. The lowest BCUT2D eigenvalue weighted by atomic mass is 10.2. The van der Waals surface area contributed by atoms with Crippen molar-refractivity contribution in [3.05, 3.63) is 28.8 Å². The van der Waals surface area contributed by atoms with Crippen molar-refractivity contribution >= 4 is 28.4 Å². The Balaban J connectivity index is 2.32. The van der Waals surface area contributed by atoms with Crippen molar-refractivity contribution in [2.45, 2.75) is 17.9 Å². The highest BCUT2D eigenvalue weighted by molar-refractivity contribution is 7.84. The second kappa shape index (κ2) is 5.38. The average Bonchev–Trinajstić information content (AvgIpc) is 2.68. The minimum absolute atomic E-state index is 0.0673. The smallest absolute Gasteiger partial charge is 0.175 e. The lowest BCUT2D eigenvalue weighted by molar-refractivity contribution is 0.102. The summed E-state index contributed by atoms with van der Waals surface area (Å²) in [6.07, 6.45) is 0.0673. The van der Waals surface area contributed by atoms with Gasteiger partial charge in [-0.25, -0.2) is 4.21 Å². The fraction of sp³-hybridized carbons (Fsp3) is 0.417. The van der Waals surface area contributed by atoms with E-state index in [0.29, 0.717) is 22.3 Å².